The van der Waals surface area contributed by atoms with Crippen LogP contribution in [0, 0.1) is 0 Å². The van der Waals surface area contributed by atoms with E-state index in [1.54, 1.807) is 6.08 Å². The minimum Gasteiger partial charge on any atom is -0.480 e. The van der Waals surface area contributed by atoms with Crippen molar-refractivity contribution in [3.05, 3.63) is 12.2 Å². The topological polar surface area (TPSA) is 252 Å². The maximum Gasteiger partial charge on any atom is 0.326 e. The molecule has 3 amide bonds. The van der Waals surface area contributed by atoms with Gasteiger partial charge in [-0.3, -0.25) is 19.4 Å². The van der Waals surface area contributed by atoms with Crippen LogP contribution in [0.15, 0.2) is 17.1 Å². The van der Waals surface area contributed by atoms with Crippen LogP contribution >= 0.6 is 0 Å². The molecular formula is C21H38N8O6. The first-order chi connectivity index (χ1) is 16.5. The lowest BCUT2D eigenvalue weighted by atomic mass is 10.1. The second kappa shape index (κ2) is 14.9. The maximum atomic E-state index is 13.3. The fourth-order valence-corrected chi connectivity index (χ4v) is 3.43. The summed E-state index contributed by atoms with van der Waals surface area (Å²) in [5, 5.41) is 24.1. The number of amides is 3. The molecule has 14 heteroatoms. The van der Waals surface area contributed by atoms with Crippen LogP contribution in [0.3, 0.4) is 0 Å². The third kappa shape index (κ3) is 9.88. The summed E-state index contributed by atoms with van der Waals surface area (Å²) < 4.78 is 0. The predicted octanol–water partition coefficient (Wildman–Crippen LogP) is -3.30. The summed E-state index contributed by atoms with van der Waals surface area (Å²) in [6, 6.07) is -4.48. The van der Waals surface area contributed by atoms with E-state index in [2.05, 4.69) is 15.6 Å². The zero-order chi connectivity index (χ0) is 26.5. The van der Waals surface area contributed by atoms with Gasteiger partial charge in [-0.05, 0) is 45.6 Å². The number of aliphatic imine (C=N–C) groups is 1. The quantitative estimate of drug-likeness (QED) is 0.0483. The van der Waals surface area contributed by atoms with Gasteiger partial charge in [-0.1, -0.05) is 12.2 Å². The molecule has 35 heavy (non-hydrogen) atoms. The zero-order valence-corrected chi connectivity index (χ0v) is 19.9. The summed E-state index contributed by atoms with van der Waals surface area (Å²) >= 11 is 0. The van der Waals surface area contributed by atoms with Gasteiger partial charge in [0.15, 0.2) is 5.96 Å². The first-order valence-corrected chi connectivity index (χ1v) is 11.5. The van der Waals surface area contributed by atoms with Crippen molar-refractivity contribution < 1.29 is 29.4 Å². The van der Waals surface area contributed by atoms with E-state index >= 15 is 0 Å². The molecule has 1 aliphatic heterocycles. The number of nitrogens with zero attached hydrogens (tertiary/aromatic N) is 2. The second-order valence-electron chi connectivity index (χ2n) is 8.32. The number of aliphatic hydroxyl groups excluding tert-OH is 1. The fourth-order valence-electron chi connectivity index (χ4n) is 3.43. The molecule has 198 valence electrons. The SMILES string of the molecule is C[C@H](O)[C@H](N)C(=O)N[C@H](CCCCN)C(=O)N1CC=C[C@@H]1C(=O)N[C@H](CCCN=C(N)N)C(=O)O. The molecule has 0 bridgehead atoms. The number of nitrogens with one attached hydrogen (secondary N) is 2. The fraction of sp³-hybridized carbons (Fsp3) is 0.667. The molecule has 14 nitrogen and oxygen atoms in total. The monoisotopic (exact) mass is 498 g/mol. The van der Waals surface area contributed by atoms with E-state index in [1.165, 1.54) is 17.9 Å². The van der Waals surface area contributed by atoms with Crippen LogP contribution in [0.5, 0.6) is 0 Å². The van der Waals surface area contributed by atoms with E-state index in [1.807, 2.05) is 0 Å². The Bertz CT molecular complexity index is 799. The lowest BCUT2D eigenvalue weighted by Gasteiger charge is -2.30. The maximum absolute atomic E-state index is 13.3. The number of carbonyl (C=O) groups is 4. The Kier molecular flexibility index (Phi) is 12.7. The standard InChI is InChI=1S/C21H38N8O6/c1-12(30)16(23)18(32)27-13(6-2-3-9-22)19(33)29-11-5-8-15(29)17(31)28-14(20(34)35)7-4-10-26-21(24)25/h5,8,12-16,30H,2-4,6-7,9-11,22-23H2,1H3,(H,27,32)(H,28,31)(H,34,35)(H4,24,25,26)/t12-,13+,14+,15+,16-/m0/s1. The highest BCUT2D eigenvalue weighted by Gasteiger charge is 2.36. The van der Waals surface area contributed by atoms with Crippen molar-refractivity contribution in [3.8, 4) is 0 Å². The van der Waals surface area contributed by atoms with E-state index in [4.69, 9.17) is 22.9 Å². The summed E-state index contributed by atoms with van der Waals surface area (Å²) in [5.41, 5.74) is 21.7. The number of nitrogens with two attached hydrogens (primary N) is 4. The number of carbonyl (C=O) groups excluding carboxylic acids is 3. The van der Waals surface area contributed by atoms with Gasteiger partial charge in [0, 0.05) is 13.1 Å². The van der Waals surface area contributed by atoms with Crippen molar-refractivity contribution in [2.75, 3.05) is 19.6 Å². The minimum absolute atomic E-state index is 0.0806. The van der Waals surface area contributed by atoms with Crippen molar-refractivity contribution in [1.82, 2.24) is 15.5 Å². The Labute approximate surface area is 204 Å². The normalized spacial score (nSPS) is 18.3. The second-order valence-corrected chi connectivity index (χ2v) is 8.32. The van der Waals surface area contributed by atoms with Gasteiger partial charge in [-0.2, -0.15) is 0 Å². The average molecular weight is 499 g/mol. The number of carboxylic acid groups (broad SMARTS) is 1. The molecule has 1 aliphatic rings. The number of unbranched alkanes of at least 4 members (excludes halogenated alkanes) is 1. The van der Waals surface area contributed by atoms with Crippen LogP contribution < -0.4 is 33.6 Å². The number of carboxylic acids is 1. The lowest BCUT2D eigenvalue weighted by molar-refractivity contribution is -0.144. The molecule has 12 N–H and O–H groups in total. The van der Waals surface area contributed by atoms with E-state index in [0.29, 0.717) is 25.8 Å². The van der Waals surface area contributed by atoms with Crippen molar-refractivity contribution in [3.63, 3.8) is 0 Å². The summed E-state index contributed by atoms with van der Waals surface area (Å²) in [6.45, 7) is 2.06. The highest BCUT2D eigenvalue weighted by molar-refractivity contribution is 5.95. The van der Waals surface area contributed by atoms with E-state index in [0.717, 1.165) is 0 Å². The Hall–Kier alpha value is -3.23. The van der Waals surface area contributed by atoms with Crippen LogP contribution in [-0.4, -0.2) is 94.7 Å². The number of aliphatic carboxylic acids is 1. The molecule has 0 radical (unpaired) electrons. The van der Waals surface area contributed by atoms with Gasteiger partial charge in [0.25, 0.3) is 0 Å². The van der Waals surface area contributed by atoms with Crippen LogP contribution in [0.1, 0.15) is 39.0 Å². The van der Waals surface area contributed by atoms with Crippen LogP contribution in [0.4, 0.5) is 0 Å². The van der Waals surface area contributed by atoms with E-state index in [-0.39, 0.29) is 31.9 Å². The number of aliphatic hydroxyl groups is 1. The Morgan fingerprint density at radius 1 is 1.11 bits per heavy atom. The molecule has 5 atom stereocenters. The molecular weight excluding hydrogens is 460 g/mol. The molecule has 0 spiro atoms. The Morgan fingerprint density at radius 3 is 2.34 bits per heavy atom. The van der Waals surface area contributed by atoms with Crippen molar-refractivity contribution >= 4 is 29.7 Å². The molecule has 0 aromatic heterocycles. The zero-order valence-electron chi connectivity index (χ0n) is 19.9. The Balaban J connectivity index is 2.90. The molecule has 0 aromatic carbocycles. The van der Waals surface area contributed by atoms with Gasteiger partial charge in [0.05, 0.1) is 6.10 Å². The molecule has 0 aromatic rings. The molecule has 0 unspecified atom stereocenters. The summed E-state index contributed by atoms with van der Waals surface area (Å²) in [6.07, 6.45) is 3.77. The molecule has 0 saturated heterocycles. The van der Waals surface area contributed by atoms with E-state index in [9.17, 15) is 29.4 Å². The van der Waals surface area contributed by atoms with Crippen molar-refractivity contribution in [2.24, 2.45) is 27.9 Å². The third-order valence-electron chi connectivity index (χ3n) is 5.45. The molecule has 0 saturated carbocycles. The summed E-state index contributed by atoms with van der Waals surface area (Å²) in [7, 11) is 0. The van der Waals surface area contributed by atoms with Gasteiger partial charge in [-0.15, -0.1) is 0 Å². The summed E-state index contributed by atoms with van der Waals surface area (Å²) in [4.78, 5) is 55.2. The van der Waals surface area contributed by atoms with Crippen LogP contribution in [0.25, 0.3) is 0 Å². The van der Waals surface area contributed by atoms with Gasteiger partial charge in [0.1, 0.15) is 24.2 Å². The van der Waals surface area contributed by atoms with Gasteiger partial charge < -0.3 is 48.7 Å². The third-order valence-corrected chi connectivity index (χ3v) is 5.45. The summed E-state index contributed by atoms with van der Waals surface area (Å²) in [5.74, 6) is -3.26. The predicted molar refractivity (Wildman–Crippen MR) is 129 cm³/mol. The van der Waals surface area contributed by atoms with Crippen molar-refractivity contribution in [2.45, 2.75) is 69.3 Å². The van der Waals surface area contributed by atoms with Gasteiger partial charge in [-0.25, -0.2) is 4.79 Å². The number of hydrogen-bond acceptors (Lipinski definition) is 8. The lowest BCUT2D eigenvalue weighted by Crippen LogP contribution is -2.58. The smallest absolute Gasteiger partial charge is 0.326 e. The van der Waals surface area contributed by atoms with E-state index < -0.39 is 54.0 Å². The highest BCUT2D eigenvalue weighted by Crippen LogP contribution is 2.15. The first-order valence-electron chi connectivity index (χ1n) is 11.5. The average Bonchev–Trinajstić information content (AvgIpc) is 3.29. The Morgan fingerprint density at radius 2 is 1.77 bits per heavy atom. The van der Waals surface area contributed by atoms with Crippen LogP contribution in [-0.2, 0) is 19.2 Å². The highest BCUT2D eigenvalue weighted by atomic mass is 16.4. The van der Waals surface area contributed by atoms with Gasteiger partial charge in [0.2, 0.25) is 17.7 Å². The molecule has 0 aliphatic carbocycles. The molecule has 0 fully saturated rings. The number of rotatable bonds is 15. The number of guanidine groups is 1. The van der Waals surface area contributed by atoms with Gasteiger partial charge >= 0.3 is 5.97 Å². The molecule has 1 heterocycles. The van der Waals surface area contributed by atoms with Crippen LogP contribution in [0.2, 0.25) is 0 Å². The molecule has 1 rings (SSSR count). The minimum atomic E-state index is -1.23. The first kappa shape index (κ1) is 29.8. The van der Waals surface area contributed by atoms with Crippen molar-refractivity contribution in [1.29, 1.82) is 0 Å². The number of hydrogen-bond donors (Lipinski definition) is 8. The largest absolute Gasteiger partial charge is 0.480 e.